The number of nitrogens with zero attached hydrogens (tertiary/aromatic N) is 3. The molecule has 0 bridgehead atoms. The first kappa shape index (κ1) is 12.1. The fourth-order valence-corrected chi connectivity index (χ4v) is 1.76. The van der Waals surface area contributed by atoms with E-state index in [1.807, 2.05) is 13.0 Å². The summed E-state index contributed by atoms with van der Waals surface area (Å²) in [5, 5.41) is 12.4. The molecule has 0 aliphatic rings. The van der Waals surface area contributed by atoms with Crippen LogP contribution in [0.2, 0.25) is 5.02 Å². The molecule has 0 fully saturated rings. The van der Waals surface area contributed by atoms with E-state index in [2.05, 4.69) is 15.3 Å². The van der Waals surface area contributed by atoms with Crippen LogP contribution in [0.15, 0.2) is 24.3 Å². The Morgan fingerprint density at radius 1 is 1.28 bits per heavy atom. The third kappa shape index (κ3) is 2.87. The molecule has 18 heavy (non-hydrogen) atoms. The summed E-state index contributed by atoms with van der Waals surface area (Å²) in [5.74, 6) is 0.756. The zero-order valence-electron chi connectivity index (χ0n) is 9.61. The summed E-state index contributed by atoms with van der Waals surface area (Å²) >= 11 is 5.91. The topological polar surface area (TPSA) is 87.6 Å². The highest BCUT2D eigenvalue weighted by atomic mass is 35.5. The van der Waals surface area contributed by atoms with Crippen molar-refractivity contribution in [1.82, 2.24) is 9.97 Å². The van der Waals surface area contributed by atoms with Crippen molar-refractivity contribution in [2.45, 2.75) is 6.92 Å². The number of benzene rings is 1. The van der Waals surface area contributed by atoms with Gasteiger partial charge in [0.05, 0.1) is 11.6 Å². The summed E-state index contributed by atoms with van der Waals surface area (Å²) in [6.45, 7) is 1.82. The monoisotopic (exact) mass is 259 g/mol. The zero-order chi connectivity index (χ0) is 13.1. The third-order valence-electron chi connectivity index (χ3n) is 2.17. The number of hydrogen-bond acceptors (Lipinski definition) is 5. The highest BCUT2D eigenvalue weighted by molar-refractivity contribution is 6.31. The summed E-state index contributed by atoms with van der Waals surface area (Å²) in [6, 6.07) is 8.76. The van der Waals surface area contributed by atoms with Crippen LogP contribution in [0.4, 0.5) is 17.5 Å². The predicted octanol–water partition coefficient (Wildman–Crippen LogP) is 2.64. The average Bonchev–Trinajstić information content (AvgIpc) is 2.26. The van der Waals surface area contributed by atoms with Gasteiger partial charge in [-0.15, -0.1) is 0 Å². The first-order valence-corrected chi connectivity index (χ1v) is 5.53. The van der Waals surface area contributed by atoms with Crippen LogP contribution in [-0.2, 0) is 0 Å². The molecule has 0 saturated heterocycles. The van der Waals surface area contributed by atoms with Crippen LogP contribution in [-0.4, -0.2) is 9.97 Å². The van der Waals surface area contributed by atoms with E-state index in [1.54, 1.807) is 24.3 Å². The molecule has 0 aliphatic heterocycles. The van der Waals surface area contributed by atoms with Gasteiger partial charge < -0.3 is 11.1 Å². The van der Waals surface area contributed by atoms with Gasteiger partial charge in [0.2, 0.25) is 5.95 Å². The summed E-state index contributed by atoms with van der Waals surface area (Å²) < 4.78 is 0. The molecule has 2 rings (SSSR count). The Balaban J connectivity index is 2.34. The molecular weight excluding hydrogens is 250 g/mol. The number of nitrogens with one attached hydrogen (secondary N) is 1. The molecule has 5 nitrogen and oxygen atoms in total. The van der Waals surface area contributed by atoms with Crippen LogP contribution in [0.1, 0.15) is 11.3 Å². The van der Waals surface area contributed by atoms with Gasteiger partial charge in [-0.2, -0.15) is 10.2 Å². The van der Waals surface area contributed by atoms with Gasteiger partial charge in [0.15, 0.2) is 0 Å². The number of aryl methyl sites for hydroxylation is 1. The summed E-state index contributed by atoms with van der Waals surface area (Å²) in [6.07, 6.45) is 0. The highest BCUT2D eigenvalue weighted by Crippen LogP contribution is 2.22. The van der Waals surface area contributed by atoms with Gasteiger partial charge >= 0.3 is 0 Å². The van der Waals surface area contributed by atoms with Crippen molar-refractivity contribution in [1.29, 1.82) is 5.26 Å². The molecule has 2 aromatic rings. The Kier molecular flexibility index (Phi) is 3.31. The average molecular weight is 260 g/mol. The van der Waals surface area contributed by atoms with E-state index in [1.165, 1.54) is 0 Å². The lowest BCUT2D eigenvalue weighted by molar-refractivity contribution is 1.12. The van der Waals surface area contributed by atoms with Crippen LogP contribution in [0, 0.1) is 18.3 Å². The number of anilines is 3. The van der Waals surface area contributed by atoms with Crippen molar-refractivity contribution in [2.24, 2.45) is 0 Å². The van der Waals surface area contributed by atoms with Crippen molar-refractivity contribution < 1.29 is 0 Å². The summed E-state index contributed by atoms with van der Waals surface area (Å²) in [7, 11) is 0. The molecule has 0 atom stereocenters. The molecule has 1 heterocycles. The van der Waals surface area contributed by atoms with Crippen LogP contribution < -0.4 is 11.1 Å². The Morgan fingerprint density at radius 2 is 2.06 bits per heavy atom. The van der Waals surface area contributed by atoms with Crippen molar-refractivity contribution in [3.63, 3.8) is 0 Å². The minimum absolute atomic E-state index is 0.194. The molecule has 0 radical (unpaired) electrons. The van der Waals surface area contributed by atoms with E-state index >= 15 is 0 Å². The second kappa shape index (κ2) is 4.90. The van der Waals surface area contributed by atoms with Crippen molar-refractivity contribution in [3.8, 4) is 6.07 Å². The number of nitriles is 1. The second-order valence-corrected chi connectivity index (χ2v) is 4.15. The number of nitrogen functional groups attached to an aromatic ring is 1. The van der Waals surface area contributed by atoms with Gasteiger partial charge in [-0.3, -0.25) is 0 Å². The third-order valence-corrected chi connectivity index (χ3v) is 2.39. The lowest BCUT2D eigenvalue weighted by Gasteiger charge is -2.07. The quantitative estimate of drug-likeness (QED) is 0.866. The van der Waals surface area contributed by atoms with Crippen molar-refractivity contribution >= 4 is 29.1 Å². The lowest BCUT2D eigenvalue weighted by Crippen LogP contribution is -2.01. The largest absolute Gasteiger partial charge is 0.368 e. The molecule has 90 valence electrons. The molecule has 0 saturated carbocycles. The molecule has 1 aromatic heterocycles. The van der Waals surface area contributed by atoms with Gasteiger partial charge in [0.1, 0.15) is 5.82 Å². The van der Waals surface area contributed by atoms with E-state index in [-0.39, 0.29) is 5.95 Å². The smallest absolute Gasteiger partial charge is 0.222 e. The molecule has 0 aliphatic carbocycles. The molecule has 0 unspecified atom stereocenters. The molecular formula is C12H10ClN5. The fourth-order valence-electron chi connectivity index (χ4n) is 1.53. The SMILES string of the molecule is Cc1cc(Nc2cc(Cl)cc(C#N)c2)nc(N)n1. The number of hydrogen-bond donors (Lipinski definition) is 2. The minimum Gasteiger partial charge on any atom is -0.368 e. The molecule has 1 aromatic carbocycles. The van der Waals surface area contributed by atoms with Crippen molar-refractivity contribution in [3.05, 3.63) is 40.5 Å². The molecule has 0 spiro atoms. The van der Waals surface area contributed by atoms with E-state index in [0.29, 0.717) is 22.1 Å². The van der Waals surface area contributed by atoms with Crippen LogP contribution >= 0.6 is 11.6 Å². The Morgan fingerprint density at radius 3 is 2.72 bits per heavy atom. The van der Waals surface area contributed by atoms with E-state index < -0.39 is 0 Å². The zero-order valence-corrected chi connectivity index (χ0v) is 10.4. The second-order valence-electron chi connectivity index (χ2n) is 3.72. The first-order valence-electron chi connectivity index (χ1n) is 5.16. The Hall–Kier alpha value is -2.32. The highest BCUT2D eigenvalue weighted by Gasteiger charge is 2.03. The summed E-state index contributed by atoms with van der Waals surface area (Å²) in [4.78, 5) is 8.02. The van der Waals surface area contributed by atoms with Crippen LogP contribution in [0.5, 0.6) is 0 Å². The van der Waals surface area contributed by atoms with Crippen LogP contribution in [0.3, 0.4) is 0 Å². The Bertz CT molecular complexity index is 613. The number of nitrogens with two attached hydrogens (primary N) is 1. The van der Waals surface area contributed by atoms with Crippen LogP contribution in [0.25, 0.3) is 0 Å². The number of halogens is 1. The summed E-state index contributed by atoms with van der Waals surface area (Å²) in [5.41, 5.74) is 7.47. The van der Waals surface area contributed by atoms with E-state index in [0.717, 1.165) is 5.69 Å². The van der Waals surface area contributed by atoms with E-state index in [9.17, 15) is 0 Å². The van der Waals surface area contributed by atoms with E-state index in [4.69, 9.17) is 22.6 Å². The number of aromatic nitrogens is 2. The molecule has 0 amide bonds. The maximum Gasteiger partial charge on any atom is 0.222 e. The van der Waals surface area contributed by atoms with Gasteiger partial charge in [-0.1, -0.05) is 11.6 Å². The minimum atomic E-state index is 0.194. The first-order chi connectivity index (χ1) is 8.56. The normalized spacial score (nSPS) is 9.83. The van der Waals surface area contributed by atoms with Crippen molar-refractivity contribution in [2.75, 3.05) is 11.1 Å². The predicted molar refractivity (Wildman–Crippen MR) is 70.6 cm³/mol. The Labute approximate surface area is 109 Å². The maximum atomic E-state index is 8.86. The molecule has 3 N–H and O–H groups in total. The maximum absolute atomic E-state index is 8.86. The van der Waals surface area contributed by atoms with Gasteiger partial charge in [-0.05, 0) is 25.1 Å². The molecule has 6 heteroatoms. The standard InChI is InChI=1S/C12H10ClN5/c1-7-2-11(18-12(15)16-7)17-10-4-8(6-14)3-9(13)5-10/h2-5H,1H3,(H3,15,16,17,18). The fraction of sp³-hybridized carbons (Fsp3) is 0.0833. The van der Waals surface area contributed by atoms with Gasteiger partial charge in [0, 0.05) is 22.5 Å². The van der Waals surface area contributed by atoms with Gasteiger partial charge in [0.25, 0.3) is 0 Å². The van der Waals surface area contributed by atoms with Gasteiger partial charge in [-0.25, -0.2) is 4.98 Å². The lowest BCUT2D eigenvalue weighted by atomic mass is 10.2. The number of rotatable bonds is 2.